The summed E-state index contributed by atoms with van der Waals surface area (Å²) in [6.07, 6.45) is 2.30. The number of halogens is 1. The van der Waals surface area contributed by atoms with E-state index in [2.05, 4.69) is 50.0 Å². The van der Waals surface area contributed by atoms with Crippen LogP contribution in [0.1, 0.15) is 47.8 Å². The second kappa shape index (κ2) is 8.99. The molecule has 1 heterocycles. The summed E-state index contributed by atoms with van der Waals surface area (Å²) in [7, 11) is 0. The number of amides is 1. The molecule has 0 atom stereocenters. The minimum absolute atomic E-state index is 0.0608. The maximum Gasteiger partial charge on any atom is 0.256 e. The number of aromatic nitrogens is 1. The molecule has 1 aromatic heterocycles. The number of fused-ring (bicyclic) bond motifs is 1. The van der Waals surface area contributed by atoms with Gasteiger partial charge in [-0.25, -0.2) is 4.39 Å². The van der Waals surface area contributed by atoms with Crippen LogP contribution in [0.3, 0.4) is 0 Å². The molecule has 3 aromatic carbocycles. The van der Waals surface area contributed by atoms with E-state index in [0.717, 1.165) is 16.5 Å². The van der Waals surface area contributed by atoms with Crippen molar-refractivity contribution in [1.82, 2.24) is 9.88 Å². The van der Waals surface area contributed by atoms with Crippen LogP contribution in [-0.4, -0.2) is 22.3 Å². The van der Waals surface area contributed by atoms with Gasteiger partial charge in [-0.1, -0.05) is 75.4 Å². The number of carbonyl (C=O) groups excluding carboxylic acids is 1. The van der Waals surface area contributed by atoms with Crippen LogP contribution in [0.5, 0.6) is 0 Å². The van der Waals surface area contributed by atoms with Crippen LogP contribution in [0.4, 0.5) is 4.39 Å². The van der Waals surface area contributed by atoms with E-state index >= 15 is 0 Å². The number of hydrogen-bond acceptors (Lipinski definition) is 1. The zero-order chi connectivity index (χ0) is 22.7. The van der Waals surface area contributed by atoms with E-state index in [1.165, 1.54) is 11.6 Å². The Morgan fingerprint density at radius 3 is 2.41 bits per heavy atom. The number of para-hydroxylation sites is 1. The number of carbonyl (C=O) groups is 1. The highest BCUT2D eigenvalue weighted by Gasteiger charge is 2.20. The fraction of sp³-hybridized carbons (Fsp3) is 0.250. The van der Waals surface area contributed by atoms with Crippen molar-refractivity contribution >= 4 is 16.8 Å². The first-order valence-corrected chi connectivity index (χ1v) is 11.0. The molecule has 0 aliphatic heterocycles. The fourth-order valence-electron chi connectivity index (χ4n) is 3.97. The molecule has 0 bridgehead atoms. The minimum Gasteiger partial charge on any atom is -0.361 e. The van der Waals surface area contributed by atoms with E-state index in [1.54, 1.807) is 12.1 Å². The largest absolute Gasteiger partial charge is 0.361 e. The van der Waals surface area contributed by atoms with Crippen molar-refractivity contribution in [3.63, 3.8) is 0 Å². The van der Waals surface area contributed by atoms with Crippen LogP contribution in [0.2, 0.25) is 0 Å². The fourth-order valence-corrected chi connectivity index (χ4v) is 3.97. The van der Waals surface area contributed by atoms with Crippen LogP contribution in [-0.2, 0) is 18.4 Å². The Balaban J connectivity index is 1.62. The summed E-state index contributed by atoms with van der Waals surface area (Å²) in [4.78, 5) is 18.6. The Hall–Kier alpha value is -3.40. The summed E-state index contributed by atoms with van der Waals surface area (Å²) in [5.41, 5.74) is 4.46. The number of aromatic amines is 1. The van der Waals surface area contributed by atoms with Crippen molar-refractivity contribution in [3.8, 4) is 0 Å². The zero-order valence-electron chi connectivity index (χ0n) is 18.9. The minimum atomic E-state index is -0.235. The molecule has 0 saturated carbocycles. The van der Waals surface area contributed by atoms with Gasteiger partial charge in [0, 0.05) is 24.7 Å². The maximum atomic E-state index is 14.2. The molecular formula is C28H29FN2O. The van der Waals surface area contributed by atoms with Crippen molar-refractivity contribution in [2.75, 3.05) is 6.54 Å². The highest BCUT2D eigenvalue weighted by molar-refractivity contribution is 6.05. The lowest BCUT2D eigenvalue weighted by Crippen LogP contribution is -2.33. The lowest BCUT2D eigenvalue weighted by atomic mass is 9.87. The third-order valence-electron chi connectivity index (χ3n) is 5.91. The van der Waals surface area contributed by atoms with Crippen LogP contribution < -0.4 is 0 Å². The van der Waals surface area contributed by atoms with Crippen molar-refractivity contribution in [1.29, 1.82) is 0 Å². The summed E-state index contributed by atoms with van der Waals surface area (Å²) >= 11 is 0. The Kier molecular flexibility index (Phi) is 6.13. The molecule has 0 radical (unpaired) electrons. The highest BCUT2D eigenvalue weighted by atomic mass is 19.1. The second-order valence-corrected chi connectivity index (χ2v) is 9.26. The lowest BCUT2D eigenvalue weighted by Gasteiger charge is -2.24. The highest BCUT2D eigenvalue weighted by Crippen LogP contribution is 2.24. The van der Waals surface area contributed by atoms with Crippen molar-refractivity contribution < 1.29 is 9.18 Å². The van der Waals surface area contributed by atoms with Crippen LogP contribution >= 0.6 is 0 Å². The Morgan fingerprint density at radius 2 is 1.69 bits per heavy atom. The van der Waals surface area contributed by atoms with Crippen LogP contribution in [0.15, 0.2) is 79.0 Å². The molecule has 0 aliphatic carbocycles. The van der Waals surface area contributed by atoms with Gasteiger partial charge in [-0.15, -0.1) is 0 Å². The molecule has 4 aromatic rings. The number of benzene rings is 3. The number of rotatable bonds is 6. The average molecular weight is 429 g/mol. The van der Waals surface area contributed by atoms with Crippen LogP contribution in [0.25, 0.3) is 10.9 Å². The van der Waals surface area contributed by atoms with E-state index in [0.29, 0.717) is 30.6 Å². The third-order valence-corrected chi connectivity index (χ3v) is 5.91. The average Bonchev–Trinajstić information content (AvgIpc) is 3.26. The molecule has 0 saturated heterocycles. The Labute approximate surface area is 188 Å². The van der Waals surface area contributed by atoms with Crippen molar-refractivity contribution in [2.45, 2.75) is 39.2 Å². The summed E-state index contributed by atoms with van der Waals surface area (Å²) in [5, 5.41) is 0.999. The predicted octanol–water partition coefficient (Wildman–Crippen LogP) is 6.49. The van der Waals surface area contributed by atoms with E-state index in [-0.39, 0.29) is 17.1 Å². The topological polar surface area (TPSA) is 36.1 Å². The first-order chi connectivity index (χ1) is 15.3. The van der Waals surface area contributed by atoms with Crippen LogP contribution in [0, 0.1) is 5.82 Å². The van der Waals surface area contributed by atoms with Gasteiger partial charge in [0.15, 0.2) is 0 Å². The molecule has 3 nitrogen and oxygen atoms in total. The lowest BCUT2D eigenvalue weighted by molar-refractivity contribution is 0.0746. The number of H-pyrrole nitrogens is 1. The van der Waals surface area contributed by atoms with Gasteiger partial charge in [0.2, 0.25) is 0 Å². The van der Waals surface area contributed by atoms with Gasteiger partial charge in [-0.2, -0.15) is 0 Å². The van der Waals surface area contributed by atoms with Gasteiger partial charge in [-0.05, 0) is 46.7 Å². The standard InChI is InChI=1S/C28H29FN2O/c1-28(2,3)23-13-11-20(12-14-23)19-31(18-16-21-7-4-5-10-25(21)29)27(32)24-9-6-8-22-15-17-30-26(22)24/h4-15,17,30H,16,18-19H2,1-3H3. The summed E-state index contributed by atoms with van der Waals surface area (Å²) in [6.45, 7) is 7.45. The van der Waals surface area contributed by atoms with Crippen molar-refractivity contribution in [2.24, 2.45) is 0 Å². The molecule has 0 spiro atoms. The van der Waals surface area contributed by atoms with E-state index in [9.17, 15) is 9.18 Å². The normalized spacial score (nSPS) is 11.6. The molecule has 4 rings (SSSR count). The summed E-state index contributed by atoms with van der Waals surface area (Å²) in [6, 6.07) is 22.9. The van der Waals surface area contributed by atoms with E-state index in [4.69, 9.17) is 0 Å². The van der Waals surface area contributed by atoms with Crippen molar-refractivity contribution in [3.05, 3.63) is 107 Å². The molecule has 1 N–H and O–H groups in total. The molecule has 164 valence electrons. The van der Waals surface area contributed by atoms with Gasteiger partial charge in [0.05, 0.1) is 11.1 Å². The zero-order valence-corrected chi connectivity index (χ0v) is 18.9. The Bertz CT molecular complexity index is 1220. The summed E-state index contributed by atoms with van der Waals surface area (Å²) < 4.78 is 14.2. The van der Waals surface area contributed by atoms with Gasteiger partial charge in [0.25, 0.3) is 5.91 Å². The molecule has 4 heteroatoms. The molecule has 32 heavy (non-hydrogen) atoms. The first-order valence-electron chi connectivity index (χ1n) is 11.0. The Morgan fingerprint density at radius 1 is 0.938 bits per heavy atom. The van der Waals surface area contributed by atoms with Gasteiger partial charge >= 0.3 is 0 Å². The molecular weight excluding hydrogens is 399 g/mol. The first kappa shape index (κ1) is 21.8. The smallest absolute Gasteiger partial charge is 0.256 e. The molecule has 0 fully saturated rings. The van der Waals surface area contributed by atoms with E-state index in [1.807, 2.05) is 41.4 Å². The predicted molar refractivity (Wildman–Crippen MR) is 128 cm³/mol. The maximum absolute atomic E-state index is 14.2. The molecule has 1 amide bonds. The number of nitrogens with one attached hydrogen (secondary N) is 1. The van der Waals surface area contributed by atoms with Gasteiger partial charge in [0.1, 0.15) is 5.82 Å². The number of hydrogen-bond donors (Lipinski definition) is 1. The summed E-state index contributed by atoms with van der Waals surface area (Å²) in [5.74, 6) is -0.296. The molecule has 0 aliphatic rings. The SMILES string of the molecule is CC(C)(C)c1ccc(CN(CCc2ccccc2F)C(=O)c2cccc3cc[nH]c23)cc1. The third kappa shape index (κ3) is 4.75. The molecule has 0 unspecified atom stereocenters. The number of nitrogens with zero attached hydrogens (tertiary/aromatic N) is 1. The monoisotopic (exact) mass is 428 g/mol. The van der Waals surface area contributed by atoms with Gasteiger partial charge < -0.3 is 9.88 Å². The van der Waals surface area contributed by atoms with Gasteiger partial charge in [-0.3, -0.25) is 4.79 Å². The second-order valence-electron chi connectivity index (χ2n) is 9.26. The quantitative estimate of drug-likeness (QED) is 0.374. The van der Waals surface area contributed by atoms with E-state index < -0.39 is 0 Å².